The maximum atomic E-state index is 13.1. The van der Waals surface area contributed by atoms with E-state index in [1.807, 2.05) is 97.1 Å². The van der Waals surface area contributed by atoms with Crippen molar-refractivity contribution in [3.8, 4) is 23.0 Å². The zero-order chi connectivity index (χ0) is 26.7. The number of pyridine rings is 1. The maximum absolute atomic E-state index is 13.1. The van der Waals surface area contributed by atoms with Gasteiger partial charge in [-0.25, -0.2) is 0 Å². The van der Waals surface area contributed by atoms with Crippen LogP contribution in [-0.4, -0.2) is 17.3 Å². The van der Waals surface area contributed by atoms with Crippen LogP contribution in [0.2, 0.25) is 0 Å². The number of carbonyl (C=O) groups excluding carboxylic acids is 1. The minimum atomic E-state index is -0.0649. The van der Waals surface area contributed by atoms with Crippen LogP contribution < -0.4 is 19.5 Å². The molecular formula is C33H28N2O4. The molecule has 0 amide bonds. The fraction of sp³-hybridized carbons (Fsp3) is 0.0909. The first kappa shape index (κ1) is 25.5. The second-order valence-electron chi connectivity index (χ2n) is 8.80. The largest absolute Gasteiger partial charge is 0.485 e. The van der Waals surface area contributed by atoms with E-state index in [-0.39, 0.29) is 12.3 Å². The van der Waals surface area contributed by atoms with Crippen LogP contribution in [0.5, 0.6) is 23.0 Å². The summed E-state index contributed by atoms with van der Waals surface area (Å²) in [5.41, 5.74) is 3.42. The minimum absolute atomic E-state index is 0.0649. The minimum Gasteiger partial charge on any atom is -0.485 e. The summed E-state index contributed by atoms with van der Waals surface area (Å²) in [6.07, 6.45) is 3.35. The number of nitrogens with zero attached hydrogens (tertiary/aromatic N) is 1. The van der Waals surface area contributed by atoms with Gasteiger partial charge in [0.15, 0.2) is 17.3 Å². The predicted molar refractivity (Wildman–Crippen MR) is 152 cm³/mol. The lowest BCUT2D eigenvalue weighted by Gasteiger charge is -2.15. The van der Waals surface area contributed by atoms with Gasteiger partial charge in [-0.05, 0) is 65.7 Å². The Kier molecular flexibility index (Phi) is 8.46. The summed E-state index contributed by atoms with van der Waals surface area (Å²) < 4.78 is 17.9. The van der Waals surface area contributed by atoms with Gasteiger partial charge in [0, 0.05) is 17.4 Å². The molecule has 0 radical (unpaired) electrons. The standard InChI is InChI=1S/C33H28N2O4/c36-31(22-35-28-14-16-29(17-15-28)39-30-12-7-19-34-21-30)27-13-18-32(37-23-25-8-3-1-4-9-25)33(20-27)38-24-26-10-5-2-6-11-26/h1-21,35H,22-24H2. The zero-order valence-electron chi connectivity index (χ0n) is 21.3. The van der Waals surface area contributed by atoms with E-state index in [1.54, 1.807) is 30.6 Å². The Hall–Kier alpha value is -5.10. The average Bonchev–Trinajstić information content (AvgIpc) is 3.00. The number of Topliss-reactive ketones (excluding diaryl/α,β-unsaturated/α-hetero) is 1. The second-order valence-corrected chi connectivity index (χ2v) is 8.80. The third-order valence-electron chi connectivity index (χ3n) is 5.92. The van der Waals surface area contributed by atoms with Crippen molar-refractivity contribution in [2.75, 3.05) is 11.9 Å². The molecule has 1 aromatic heterocycles. The summed E-state index contributed by atoms with van der Waals surface area (Å²) >= 11 is 0. The van der Waals surface area contributed by atoms with Gasteiger partial charge < -0.3 is 19.5 Å². The molecule has 0 bridgehead atoms. The highest BCUT2D eigenvalue weighted by atomic mass is 16.5. The van der Waals surface area contributed by atoms with E-state index in [0.29, 0.717) is 41.8 Å². The number of nitrogens with one attached hydrogen (secondary N) is 1. The Morgan fingerprint density at radius 2 is 1.33 bits per heavy atom. The van der Waals surface area contributed by atoms with E-state index < -0.39 is 0 Å². The van der Waals surface area contributed by atoms with Crippen LogP contribution >= 0.6 is 0 Å². The summed E-state index contributed by atoms with van der Waals surface area (Å²) in [7, 11) is 0. The van der Waals surface area contributed by atoms with Crippen molar-refractivity contribution in [2.45, 2.75) is 13.2 Å². The number of anilines is 1. The average molecular weight is 517 g/mol. The van der Waals surface area contributed by atoms with Crippen molar-refractivity contribution in [1.29, 1.82) is 0 Å². The number of ketones is 1. The molecular weight excluding hydrogens is 488 g/mol. The van der Waals surface area contributed by atoms with Crippen molar-refractivity contribution < 1.29 is 19.0 Å². The Morgan fingerprint density at radius 3 is 1.97 bits per heavy atom. The molecule has 0 fully saturated rings. The molecule has 0 saturated carbocycles. The summed E-state index contributed by atoms with van der Waals surface area (Å²) in [5.74, 6) is 2.40. The molecule has 5 rings (SSSR count). The quantitative estimate of drug-likeness (QED) is 0.175. The molecule has 0 spiro atoms. The molecule has 0 aliphatic rings. The number of hydrogen-bond donors (Lipinski definition) is 1. The lowest BCUT2D eigenvalue weighted by molar-refractivity contribution is 0.101. The first-order valence-corrected chi connectivity index (χ1v) is 12.7. The van der Waals surface area contributed by atoms with E-state index >= 15 is 0 Å². The number of ether oxygens (including phenoxy) is 3. The predicted octanol–water partition coefficient (Wildman–Crippen LogP) is 7.33. The van der Waals surface area contributed by atoms with Crippen molar-refractivity contribution in [3.05, 3.63) is 144 Å². The summed E-state index contributed by atoms with van der Waals surface area (Å²) in [6.45, 7) is 0.898. The second kappa shape index (κ2) is 12.9. The normalized spacial score (nSPS) is 10.5. The molecule has 39 heavy (non-hydrogen) atoms. The molecule has 1 heterocycles. The van der Waals surface area contributed by atoms with Gasteiger partial charge in [-0.3, -0.25) is 9.78 Å². The number of carbonyl (C=O) groups is 1. The number of aromatic nitrogens is 1. The van der Waals surface area contributed by atoms with Crippen LogP contribution in [0.1, 0.15) is 21.5 Å². The highest BCUT2D eigenvalue weighted by molar-refractivity contribution is 5.99. The third kappa shape index (κ3) is 7.46. The molecule has 1 N–H and O–H groups in total. The lowest BCUT2D eigenvalue weighted by atomic mass is 10.1. The van der Waals surface area contributed by atoms with Gasteiger partial charge in [-0.1, -0.05) is 60.7 Å². The van der Waals surface area contributed by atoms with Crippen molar-refractivity contribution in [1.82, 2.24) is 4.98 Å². The maximum Gasteiger partial charge on any atom is 0.181 e. The van der Waals surface area contributed by atoms with Gasteiger partial charge in [-0.2, -0.15) is 0 Å². The highest BCUT2D eigenvalue weighted by Crippen LogP contribution is 2.30. The van der Waals surface area contributed by atoms with Crippen LogP contribution in [0.15, 0.2) is 128 Å². The molecule has 0 aliphatic heterocycles. The molecule has 4 aromatic carbocycles. The van der Waals surface area contributed by atoms with Crippen molar-refractivity contribution in [2.24, 2.45) is 0 Å². The Labute approximate surface area is 227 Å². The Balaban J connectivity index is 1.23. The van der Waals surface area contributed by atoms with Crippen LogP contribution in [0.4, 0.5) is 5.69 Å². The topological polar surface area (TPSA) is 69.7 Å². The summed E-state index contributed by atoms with van der Waals surface area (Å²) in [6, 6.07) is 36.2. The van der Waals surface area contributed by atoms with Crippen LogP contribution in [-0.2, 0) is 13.2 Å². The molecule has 0 saturated heterocycles. The molecule has 5 aromatic rings. The molecule has 6 heteroatoms. The number of rotatable bonds is 12. The highest BCUT2D eigenvalue weighted by Gasteiger charge is 2.13. The van der Waals surface area contributed by atoms with Gasteiger partial charge in [0.1, 0.15) is 24.7 Å². The van der Waals surface area contributed by atoms with Gasteiger partial charge in [0.2, 0.25) is 0 Å². The van der Waals surface area contributed by atoms with Crippen molar-refractivity contribution in [3.63, 3.8) is 0 Å². The van der Waals surface area contributed by atoms with E-state index in [9.17, 15) is 4.79 Å². The molecule has 0 atom stereocenters. The van der Waals surface area contributed by atoms with Crippen LogP contribution in [0, 0.1) is 0 Å². The van der Waals surface area contributed by atoms with Gasteiger partial charge >= 0.3 is 0 Å². The molecule has 194 valence electrons. The van der Waals surface area contributed by atoms with Gasteiger partial charge in [0.25, 0.3) is 0 Å². The molecule has 0 aliphatic carbocycles. The SMILES string of the molecule is O=C(CNc1ccc(Oc2cccnc2)cc1)c1ccc(OCc2ccccc2)c(OCc2ccccc2)c1. The third-order valence-corrected chi connectivity index (χ3v) is 5.92. The number of benzene rings is 4. The zero-order valence-corrected chi connectivity index (χ0v) is 21.3. The molecule has 6 nitrogen and oxygen atoms in total. The van der Waals surface area contributed by atoms with Crippen LogP contribution in [0.3, 0.4) is 0 Å². The first-order valence-electron chi connectivity index (χ1n) is 12.7. The summed E-state index contributed by atoms with van der Waals surface area (Å²) in [5, 5.41) is 3.18. The van der Waals surface area contributed by atoms with E-state index in [2.05, 4.69) is 10.3 Å². The lowest BCUT2D eigenvalue weighted by Crippen LogP contribution is -2.14. The van der Waals surface area contributed by atoms with Crippen molar-refractivity contribution >= 4 is 11.5 Å². The fourth-order valence-electron chi connectivity index (χ4n) is 3.85. The van der Waals surface area contributed by atoms with E-state index in [4.69, 9.17) is 14.2 Å². The van der Waals surface area contributed by atoms with E-state index in [0.717, 1.165) is 16.8 Å². The number of hydrogen-bond acceptors (Lipinski definition) is 6. The van der Waals surface area contributed by atoms with Gasteiger partial charge in [-0.15, -0.1) is 0 Å². The monoisotopic (exact) mass is 516 g/mol. The first-order chi connectivity index (χ1) is 19.2. The fourth-order valence-corrected chi connectivity index (χ4v) is 3.85. The Bertz CT molecular complexity index is 1480. The van der Waals surface area contributed by atoms with Gasteiger partial charge in [0.05, 0.1) is 12.7 Å². The van der Waals surface area contributed by atoms with E-state index in [1.165, 1.54) is 0 Å². The van der Waals surface area contributed by atoms with Crippen LogP contribution in [0.25, 0.3) is 0 Å². The smallest absolute Gasteiger partial charge is 0.181 e. The Morgan fingerprint density at radius 1 is 0.667 bits per heavy atom. The molecule has 0 unspecified atom stereocenters. The summed E-state index contributed by atoms with van der Waals surface area (Å²) in [4.78, 5) is 17.1.